The number of rotatable bonds is 8. The molecule has 0 radical (unpaired) electrons. The number of carboxylic acid groups (broad SMARTS) is 1. The summed E-state index contributed by atoms with van der Waals surface area (Å²) in [7, 11) is 0. The number of ether oxygens (including phenoxy) is 2. The zero-order valence-corrected chi connectivity index (χ0v) is 23.6. The van der Waals surface area contributed by atoms with Gasteiger partial charge in [-0.25, -0.2) is 0 Å². The molecule has 0 amide bonds. The first kappa shape index (κ1) is 29.7. The molecule has 2 atom stereocenters. The number of nitrogen functional groups attached to an aromatic ring is 1. The lowest BCUT2D eigenvalue weighted by Gasteiger charge is -2.39. The van der Waals surface area contributed by atoms with Crippen molar-refractivity contribution >= 4 is 29.3 Å². The minimum absolute atomic E-state index is 0.150. The van der Waals surface area contributed by atoms with Gasteiger partial charge in [-0.15, -0.1) is 0 Å². The van der Waals surface area contributed by atoms with Gasteiger partial charge in [-0.1, -0.05) is 29.8 Å². The summed E-state index contributed by atoms with van der Waals surface area (Å²) < 4.78 is 54.9. The Morgan fingerprint density at radius 1 is 1.21 bits per heavy atom. The van der Waals surface area contributed by atoms with Crippen molar-refractivity contribution in [2.45, 2.75) is 44.5 Å². The molecule has 9 nitrogen and oxygen atoms in total. The van der Waals surface area contributed by atoms with E-state index in [-0.39, 0.29) is 33.4 Å². The number of aliphatic carboxylic acids is 1. The summed E-state index contributed by atoms with van der Waals surface area (Å²) in [6.45, 7) is 3.88. The third kappa shape index (κ3) is 6.49. The third-order valence-electron chi connectivity index (χ3n) is 7.80. The molecule has 2 aromatic carbocycles. The van der Waals surface area contributed by atoms with Crippen LogP contribution in [-0.4, -0.2) is 59.5 Å². The number of halogens is 4. The fraction of sp³-hybridized carbons (Fsp3) is 0.414. The topological polar surface area (TPSA) is 123 Å². The van der Waals surface area contributed by atoms with Gasteiger partial charge < -0.3 is 30.5 Å². The molecule has 0 bridgehead atoms. The van der Waals surface area contributed by atoms with E-state index in [4.69, 9.17) is 26.8 Å². The normalized spacial score (nSPS) is 19.1. The second kappa shape index (κ2) is 11.8. The fourth-order valence-corrected chi connectivity index (χ4v) is 5.86. The van der Waals surface area contributed by atoms with Crippen LogP contribution in [0.2, 0.25) is 5.02 Å². The summed E-state index contributed by atoms with van der Waals surface area (Å²) in [5, 5.41) is 12.7. The third-order valence-corrected chi connectivity index (χ3v) is 8.04. The van der Waals surface area contributed by atoms with Crippen LogP contribution in [0.3, 0.4) is 0 Å². The van der Waals surface area contributed by atoms with E-state index in [1.807, 2.05) is 11.8 Å². The quantitative estimate of drug-likeness (QED) is 0.306. The van der Waals surface area contributed by atoms with Gasteiger partial charge in [0, 0.05) is 36.3 Å². The molecule has 2 aliphatic rings. The number of piperidine rings is 1. The highest BCUT2D eigenvalue weighted by atomic mass is 35.5. The minimum Gasteiger partial charge on any atom is -0.494 e. The highest BCUT2D eigenvalue weighted by Crippen LogP contribution is 2.43. The van der Waals surface area contributed by atoms with Crippen LogP contribution >= 0.6 is 11.6 Å². The summed E-state index contributed by atoms with van der Waals surface area (Å²) >= 11 is 6.21. The lowest BCUT2D eigenvalue weighted by Crippen LogP contribution is -2.41. The van der Waals surface area contributed by atoms with E-state index < -0.39 is 24.3 Å². The molecule has 3 heterocycles. The van der Waals surface area contributed by atoms with Gasteiger partial charge in [0.25, 0.3) is 0 Å². The number of carbonyl (C=O) groups is 1. The number of hydrogen-bond acceptors (Lipinski definition) is 8. The van der Waals surface area contributed by atoms with E-state index in [0.717, 1.165) is 0 Å². The highest BCUT2D eigenvalue weighted by molar-refractivity contribution is 6.30. The number of carboxylic acids is 1. The second-order valence-electron chi connectivity index (χ2n) is 10.6. The number of alkyl halides is 3. The Bertz CT molecular complexity index is 1450. The first-order valence-corrected chi connectivity index (χ1v) is 14.0. The summed E-state index contributed by atoms with van der Waals surface area (Å²) in [6.07, 6.45) is -5.27. The Labute approximate surface area is 245 Å². The van der Waals surface area contributed by atoms with Crippen LogP contribution < -0.4 is 25.4 Å². The maximum absolute atomic E-state index is 14.6. The molecule has 2 saturated heterocycles. The maximum Gasteiger partial charge on any atom is 0.429 e. The lowest BCUT2D eigenvalue weighted by atomic mass is 9.76. The van der Waals surface area contributed by atoms with Crippen LogP contribution in [0.5, 0.6) is 11.6 Å². The molecule has 224 valence electrons. The molecule has 13 heteroatoms. The van der Waals surface area contributed by atoms with Crippen LogP contribution in [-0.2, 0) is 4.79 Å². The van der Waals surface area contributed by atoms with Gasteiger partial charge in [0.1, 0.15) is 17.6 Å². The van der Waals surface area contributed by atoms with Crippen molar-refractivity contribution in [3.8, 4) is 22.8 Å². The van der Waals surface area contributed by atoms with Gasteiger partial charge in [-0.2, -0.15) is 23.1 Å². The van der Waals surface area contributed by atoms with Gasteiger partial charge in [0.15, 0.2) is 0 Å². The first-order valence-electron chi connectivity index (χ1n) is 13.6. The van der Waals surface area contributed by atoms with Crippen molar-refractivity contribution < 1.29 is 32.5 Å². The van der Waals surface area contributed by atoms with Crippen LogP contribution in [0.25, 0.3) is 11.1 Å². The van der Waals surface area contributed by atoms with Crippen molar-refractivity contribution in [3.05, 3.63) is 59.1 Å². The van der Waals surface area contributed by atoms with E-state index in [1.54, 1.807) is 24.3 Å². The molecule has 0 aliphatic carbocycles. The summed E-state index contributed by atoms with van der Waals surface area (Å²) in [5.74, 6) is -0.566. The van der Waals surface area contributed by atoms with Crippen LogP contribution in [0.1, 0.15) is 37.9 Å². The zero-order valence-electron chi connectivity index (χ0n) is 22.8. The average molecular weight is 606 g/mol. The second-order valence-corrected chi connectivity index (χ2v) is 11.1. The van der Waals surface area contributed by atoms with Gasteiger partial charge >= 0.3 is 12.1 Å². The lowest BCUT2D eigenvalue weighted by molar-refractivity contribution is -0.198. The van der Waals surface area contributed by atoms with E-state index in [1.165, 1.54) is 24.3 Å². The van der Waals surface area contributed by atoms with Crippen LogP contribution in [0.15, 0.2) is 48.5 Å². The van der Waals surface area contributed by atoms with E-state index in [0.29, 0.717) is 62.6 Å². The molecular formula is C29H31ClF3N5O4. The minimum atomic E-state index is -4.81. The number of nitrogens with two attached hydrogens (primary N) is 1. The number of anilines is 2. The molecule has 2 aliphatic heterocycles. The summed E-state index contributed by atoms with van der Waals surface area (Å²) in [4.78, 5) is 21.5. The number of hydrogen-bond donors (Lipinski definition) is 3. The molecule has 1 unspecified atom stereocenters. The number of aromatic nitrogens is 2. The van der Waals surface area contributed by atoms with Crippen molar-refractivity contribution in [1.82, 2.24) is 15.3 Å². The summed E-state index contributed by atoms with van der Waals surface area (Å²) in [5.41, 5.74) is 6.34. The van der Waals surface area contributed by atoms with Crippen LogP contribution in [0, 0.1) is 5.41 Å². The van der Waals surface area contributed by atoms with Crippen molar-refractivity contribution in [2.75, 3.05) is 36.9 Å². The average Bonchev–Trinajstić information content (AvgIpc) is 3.35. The fourth-order valence-electron chi connectivity index (χ4n) is 5.69. The SMILES string of the molecule is CCOc1cccc(-c2cc(Cl)ccc2C(Oc2cc(N3CCC4(CC3)CN[C@H](C(=O)O)C4)nc(N)n2)C(F)(F)F)c1. The maximum atomic E-state index is 14.6. The van der Waals surface area contributed by atoms with E-state index in [9.17, 15) is 23.1 Å². The smallest absolute Gasteiger partial charge is 0.429 e. The standard InChI is InChI=1S/C29H31ClF3N5O4/c1-2-41-19-5-3-4-17(12-19)21-13-18(30)6-7-20(21)25(29(31,32)33)42-24-14-23(36-27(34)37-24)38-10-8-28(9-11-38)15-22(26(39)40)35-16-28/h3-7,12-14,22,25,35H,2,8-11,15-16H2,1H3,(H,39,40)(H2,34,36,37)/t22-,25?/m0/s1. The Balaban J connectivity index is 1.42. The molecule has 5 rings (SSSR count). The molecule has 4 N–H and O–H groups in total. The Morgan fingerprint density at radius 2 is 1.98 bits per heavy atom. The van der Waals surface area contributed by atoms with Crippen molar-refractivity contribution in [3.63, 3.8) is 0 Å². The first-order chi connectivity index (χ1) is 20.0. The predicted octanol–water partition coefficient (Wildman–Crippen LogP) is 5.49. The molecule has 3 aromatic rings. The van der Waals surface area contributed by atoms with E-state index in [2.05, 4.69) is 15.3 Å². The largest absolute Gasteiger partial charge is 0.494 e. The molecule has 2 fully saturated rings. The predicted molar refractivity (Wildman–Crippen MR) is 152 cm³/mol. The number of nitrogens with one attached hydrogen (secondary N) is 1. The monoisotopic (exact) mass is 605 g/mol. The van der Waals surface area contributed by atoms with Crippen molar-refractivity contribution in [1.29, 1.82) is 0 Å². The molecule has 1 spiro atoms. The Kier molecular flexibility index (Phi) is 8.38. The van der Waals surface area contributed by atoms with Gasteiger partial charge in [0.2, 0.25) is 17.9 Å². The zero-order chi connectivity index (χ0) is 30.1. The number of benzene rings is 2. The molecule has 0 saturated carbocycles. The Hall–Kier alpha value is -3.77. The van der Waals surface area contributed by atoms with E-state index >= 15 is 0 Å². The van der Waals surface area contributed by atoms with Gasteiger partial charge in [0.05, 0.1) is 6.61 Å². The molecular weight excluding hydrogens is 575 g/mol. The van der Waals surface area contributed by atoms with Gasteiger partial charge in [-0.3, -0.25) is 4.79 Å². The summed E-state index contributed by atoms with van der Waals surface area (Å²) in [6, 6.07) is 11.6. The molecule has 42 heavy (non-hydrogen) atoms. The van der Waals surface area contributed by atoms with Gasteiger partial charge in [-0.05, 0) is 67.0 Å². The van der Waals surface area contributed by atoms with Crippen molar-refractivity contribution in [2.24, 2.45) is 5.41 Å². The molecule has 1 aromatic heterocycles. The highest BCUT2D eigenvalue weighted by Gasteiger charge is 2.46. The number of nitrogens with zero attached hydrogens (tertiary/aromatic N) is 3. The Morgan fingerprint density at radius 3 is 2.64 bits per heavy atom. The van der Waals surface area contributed by atoms with Crippen LogP contribution in [0.4, 0.5) is 24.9 Å².